The summed E-state index contributed by atoms with van der Waals surface area (Å²) < 4.78 is 28.0. The Balaban J connectivity index is 1.52. The number of nitrogens with one attached hydrogen (secondary N) is 2. The lowest BCUT2D eigenvalue weighted by molar-refractivity contribution is 0.0991. The fraction of sp³-hybridized carbons (Fsp3) is 0.0526. The number of H-pyrrole nitrogens is 1. The molecule has 7 nitrogen and oxygen atoms in total. The number of carbonyl (C=O) groups is 1. The Kier molecular flexibility index (Phi) is 4.04. The third-order valence-corrected chi connectivity index (χ3v) is 4.93. The summed E-state index contributed by atoms with van der Waals surface area (Å²) in [6, 6.07) is 17.5. The summed E-state index contributed by atoms with van der Waals surface area (Å²) in [6.45, 7) is 0. The number of anilines is 1. The molecule has 4 rings (SSSR count). The lowest BCUT2D eigenvalue weighted by Crippen LogP contribution is -2.10. The second-order valence-corrected chi connectivity index (χ2v) is 7.97. The van der Waals surface area contributed by atoms with Gasteiger partial charge in [0.25, 0.3) is 5.91 Å². The number of nitrogens with zero attached hydrogens (tertiary/aromatic N) is 1. The summed E-state index contributed by atoms with van der Waals surface area (Å²) in [6.07, 6.45) is 1.02. The van der Waals surface area contributed by atoms with Crippen LogP contribution < -0.4 is 5.32 Å². The third-order valence-electron chi connectivity index (χ3n) is 3.98. The van der Waals surface area contributed by atoms with Crippen molar-refractivity contribution in [1.82, 2.24) is 9.97 Å². The van der Waals surface area contributed by atoms with E-state index >= 15 is 0 Å². The Morgan fingerprint density at radius 3 is 2.44 bits per heavy atom. The van der Waals surface area contributed by atoms with E-state index in [4.69, 9.17) is 4.42 Å². The second-order valence-electron chi connectivity index (χ2n) is 6.02. The average Bonchev–Trinajstić information content (AvgIpc) is 3.29. The number of aromatic amines is 1. The van der Waals surface area contributed by atoms with Gasteiger partial charge < -0.3 is 14.7 Å². The predicted molar refractivity (Wildman–Crippen MR) is 101 cm³/mol. The molecular weight excluding hydrogens is 366 g/mol. The van der Waals surface area contributed by atoms with E-state index in [9.17, 15) is 13.2 Å². The number of carbonyl (C=O) groups excluding carboxylic acids is 1. The van der Waals surface area contributed by atoms with E-state index in [0.717, 1.165) is 28.7 Å². The Morgan fingerprint density at radius 1 is 1.04 bits per heavy atom. The van der Waals surface area contributed by atoms with Crippen LogP contribution in [0.3, 0.4) is 0 Å². The molecule has 27 heavy (non-hydrogen) atoms. The molecule has 2 aromatic carbocycles. The van der Waals surface area contributed by atoms with Crippen LogP contribution in [0.4, 0.5) is 5.69 Å². The Labute approximate surface area is 155 Å². The van der Waals surface area contributed by atoms with E-state index in [1.165, 1.54) is 12.1 Å². The van der Waals surface area contributed by atoms with Crippen LogP contribution in [0.1, 0.15) is 10.6 Å². The zero-order chi connectivity index (χ0) is 19.0. The van der Waals surface area contributed by atoms with Crippen LogP contribution in [0.2, 0.25) is 0 Å². The number of hydrogen-bond donors (Lipinski definition) is 2. The van der Waals surface area contributed by atoms with Crippen LogP contribution in [-0.4, -0.2) is 30.5 Å². The molecule has 136 valence electrons. The summed E-state index contributed by atoms with van der Waals surface area (Å²) in [7, 11) is -3.49. The first-order chi connectivity index (χ1) is 12.9. The smallest absolute Gasteiger partial charge is 0.291 e. The molecule has 0 saturated carbocycles. The van der Waals surface area contributed by atoms with Gasteiger partial charge in [0.05, 0.1) is 11.0 Å². The summed E-state index contributed by atoms with van der Waals surface area (Å²) >= 11 is 0. The second kappa shape index (κ2) is 6.40. The number of benzene rings is 2. The molecule has 2 aromatic heterocycles. The molecule has 0 aliphatic heterocycles. The van der Waals surface area contributed by atoms with Gasteiger partial charge >= 0.3 is 0 Å². The van der Waals surface area contributed by atoms with Gasteiger partial charge in [0, 0.05) is 17.5 Å². The summed E-state index contributed by atoms with van der Waals surface area (Å²) in [5.41, 5.74) is 3.26. The Bertz CT molecular complexity index is 1200. The number of rotatable bonds is 4. The van der Waals surface area contributed by atoms with E-state index < -0.39 is 15.7 Å². The number of para-hydroxylation sites is 2. The van der Waals surface area contributed by atoms with E-state index in [-0.39, 0.29) is 10.9 Å². The van der Waals surface area contributed by atoms with Crippen molar-refractivity contribution in [2.45, 2.75) is 5.09 Å². The number of imidazole rings is 1. The highest BCUT2D eigenvalue weighted by Gasteiger charge is 2.17. The maximum atomic E-state index is 12.2. The van der Waals surface area contributed by atoms with Crippen molar-refractivity contribution in [3.8, 4) is 11.4 Å². The molecule has 2 N–H and O–H groups in total. The van der Waals surface area contributed by atoms with Crippen LogP contribution in [0.15, 0.2) is 70.2 Å². The molecule has 2 heterocycles. The number of furan rings is 1. The molecule has 8 heteroatoms. The molecule has 1 amide bonds. The van der Waals surface area contributed by atoms with Gasteiger partial charge in [-0.25, -0.2) is 13.4 Å². The number of fused-ring (bicyclic) bond motifs is 1. The first-order valence-corrected chi connectivity index (χ1v) is 9.96. The van der Waals surface area contributed by atoms with Crippen molar-refractivity contribution < 1.29 is 17.6 Å². The monoisotopic (exact) mass is 381 g/mol. The quantitative estimate of drug-likeness (QED) is 0.563. The molecule has 0 atom stereocenters. The van der Waals surface area contributed by atoms with Crippen molar-refractivity contribution in [2.75, 3.05) is 11.6 Å². The standard InChI is InChI=1S/C19H15N3O4S/c1-27(24,25)17-11-10-16(26-17)19(23)20-13-8-6-12(7-9-13)18-21-14-4-2-3-5-15(14)22-18/h2-11H,1H3,(H,20,23)(H,21,22). The van der Waals surface area contributed by atoms with Crippen molar-refractivity contribution in [1.29, 1.82) is 0 Å². The molecular formula is C19H15N3O4S. The molecule has 0 spiro atoms. The van der Waals surface area contributed by atoms with Crippen LogP contribution >= 0.6 is 0 Å². The maximum Gasteiger partial charge on any atom is 0.291 e. The Morgan fingerprint density at radius 2 is 1.78 bits per heavy atom. The SMILES string of the molecule is CS(=O)(=O)c1ccc(C(=O)Nc2ccc(-c3nc4ccccc4[nH]3)cc2)o1. The zero-order valence-corrected chi connectivity index (χ0v) is 15.1. The first kappa shape index (κ1) is 17.0. The molecule has 0 aliphatic rings. The number of amides is 1. The van der Waals surface area contributed by atoms with E-state index in [1.807, 2.05) is 36.4 Å². The number of aromatic nitrogens is 2. The maximum absolute atomic E-state index is 12.2. The summed E-state index contributed by atoms with van der Waals surface area (Å²) in [5.74, 6) is 0.135. The normalized spacial score (nSPS) is 11.6. The van der Waals surface area contributed by atoms with Crippen molar-refractivity contribution in [2.24, 2.45) is 0 Å². The van der Waals surface area contributed by atoms with Crippen molar-refractivity contribution in [3.63, 3.8) is 0 Å². The molecule has 0 saturated heterocycles. The van der Waals surface area contributed by atoms with E-state index in [2.05, 4.69) is 15.3 Å². The van der Waals surface area contributed by atoms with Crippen LogP contribution in [0.5, 0.6) is 0 Å². The van der Waals surface area contributed by atoms with Gasteiger partial charge in [0.1, 0.15) is 5.82 Å². The largest absolute Gasteiger partial charge is 0.440 e. The molecule has 0 bridgehead atoms. The van der Waals surface area contributed by atoms with Gasteiger partial charge in [-0.1, -0.05) is 12.1 Å². The van der Waals surface area contributed by atoms with Crippen molar-refractivity contribution in [3.05, 3.63) is 66.4 Å². The van der Waals surface area contributed by atoms with Crippen molar-refractivity contribution >= 4 is 32.5 Å². The minimum Gasteiger partial charge on any atom is -0.440 e. The van der Waals surface area contributed by atoms with Gasteiger partial charge in [-0.05, 0) is 48.5 Å². The highest BCUT2D eigenvalue weighted by Crippen LogP contribution is 2.22. The minimum atomic E-state index is -3.49. The van der Waals surface area contributed by atoms with Gasteiger partial charge in [0.15, 0.2) is 5.76 Å². The molecule has 0 radical (unpaired) electrons. The Hall–Kier alpha value is -3.39. The molecule has 0 fully saturated rings. The fourth-order valence-electron chi connectivity index (χ4n) is 2.64. The van der Waals surface area contributed by atoms with Crippen LogP contribution in [0.25, 0.3) is 22.4 Å². The molecule has 0 unspecified atom stereocenters. The molecule has 4 aromatic rings. The minimum absolute atomic E-state index is 0.0724. The zero-order valence-electron chi connectivity index (χ0n) is 14.3. The van der Waals surface area contributed by atoms with E-state index in [1.54, 1.807) is 12.1 Å². The lowest BCUT2D eigenvalue weighted by atomic mass is 10.2. The lowest BCUT2D eigenvalue weighted by Gasteiger charge is -2.04. The van der Waals surface area contributed by atoms with Gasteiger partial charge in [0.2, 0.25) is 14.9 Å². The average molecular weight is 381 g/mol. The van der Waals surface area contributed by atoms with Gasteiger partial charge in [-0.2, -0.15) is 0 Å². The van der Waals surface area contributed by atoms with Gasteiger partial charge in [-0.3, -0.25) is 4.79 Å². The third kappa shape index (κ3) is 3.47. The predicted octanol–water partition coefficient (Wildman–Crippen LogP) is 3.48. The number of sulfone groups is 1. The van der Waals surface area contributed by atoms with Gasteiger partial charge in [-0.15, -0.1) is 0 Å². The summed E-state index contributed by atoms with van der Waals surface area (Å²) in [5, 5.41) is 2.43. The van der Waals surface area contributed by atoms with Crippen LogP contribution in [0, 0.1) is 0 Å². The molecule has 0 aliphatic carbocycles. The van der Waals surface area contributed by atoms with E-state index in [0.29, 0.717) is 5.69 Å². The summed E-state index contributed by atoms with van der Waals surface area (Å²) in [4.78, 5) is 20.0. The highest BCUT2D eigenvalue weighted by atomic mass is 32.2. The topological polar surface area (TPSA) is 105 Å². The highest BCUT2D eigenvalue weighted by molar-refractivity contribution is 7.90. The number of hydrogen-bond acceptors (Lipinski definition) is 5. The first-order valence-electron chi connectivity index (χ1n) is 8.06. The van der Waals surface area contributed by atoms with Crippen LogP contribution in [-0.2, 0) is 9.84 Å². The fourth-order valence-corrected chi connectivity index (χ4v) is 3.19.